The number of Topliss-reactive ketones (excluding diaryl/α,β-unsaturated/α-hetero) is 1. The monoisotopic (exact) mass is 503 g/mol. The van der Waals surface area contributed by atoms with E-state index in [0.29, 0.717) is 23.3 Å². The molecule has 0 spiro atoms. The Morgan fingerprint density at radius 1 is 0.973 bits per heavy atom. The number of aromatic nitrogens is 1. The molecule has 37 heavy (non-hydrogen) atoms. The van der Waals surface area contributed by atoms with E-state index >= 15 is 0 Å². The van der Waals surface area contributed by atoms with Gasteiger partial charge in [-0.3, -0.25) is 14.6 Å². The summed E-state index contributed by atoms with van der Waals surface area (Å²) in [6.07, 6.45) is -0.620. The van der Waals surface area contributed by atoms with Crippen LogP contribution in [0.4, 0.5) is 18.9 Å². The van der Waals surface area contributed by atoms with Gasteiger partial charge in [0.05, 0.1) is 11.3 Å². The lowest BCUT2D eigenvalue weighted by Crippen LogP contribution is -2.37. The molecule has 0 bridgehead atoms. The van der Waals surface area contributed by atoms with E-state index < -0.39 is 23.6 Å². The number of alkyl halides is 3. The van der Waals surface area contributed by atoms with Gasteiger partial charge >= 0.3 is 6.18 Å². The summed E-state index contributed by atoms with van der Waals surface area (Å²) < 4.78 is 40.7. The summed E-state index contributed by atoms with van der Waals surface area (Å²) in [6.45, 7) is 1.70. The summed E-state index contributed by atoms with van der Waals surface area (Å²) in [4.78, 5) is 31.3. The van der Waals surface area contributed by atoms with Crippen LogP contribution < -0.4 is 10.6 Å². The zero-order valence-electron chi connectivity index (χ0n) is 20.0. The Morgan fingerprint density at radius 3 is 2.38 bits per heavy atom. The Hall–Kier alpha value is -4.20. The number of ketones is 1. The van der Waals surface area contributed by atoms with Crippen LogP contribution in [0.3, 0.4) is 0 Å². The van der Waals surface area contributed by atoms with Crippen LogP contribution in [0.25, 0.3) is 0 Å². The number of anilines is 1. The van der Waals surface area contributed by atoms with Gasteiger partial charge in [0.1, 0.15) is 0 Å². The SMILES string of the molecule is CC1=C(C(=O)Nc2ccccc2C(F)(F)F)[C@@H](c2cccnc2)C2=C(C[C@@H](c3ccccc3)CC2=O)N1. The maximum Gasteiger partial charge on any atom is 0.418 e. The lowest BCUT2D eigenvalue weighted by molar-refractivity contribution is -0.137. The zero-order valence-corrected chi connectivity index (χ0v) is 20.0. The van der Waals surface area contributed by atoms with Crippen molar-refractivity contribution in [1.82, 2.24) is 10.3 Å². The van der Waals surface area contributed by atoms with E-state index in [1.54, 1.807) is 31.5 Å². The van der Waals surface area contributed by atoms with E-state index in [1.807, 2.05) is 30.3 Å². The summed E-state index contributed by atoms with van der Waals surface area (Å²) in [5.74, 6) is -1.59. The van der Waals surface area contributed by atoms with Crippen molar-refractivity contribution in [2.75, 3.05) is 5.32 Å². The second kappa shape index (κ2) is 9.69. The Labute approximate surface area is 212 Å². The van der Waals surface area contributed by atoms with Crippen LogP contribution in [0.1, 0.15) is 48.3 Å². The van der Waals surface area contributed by atoms with Gasteiger partial charge in [0, 0.05) is 47.3 Å². The summed E-state index contributed by atoms with van der Waals surface area (Å²) in [5.41, 5.74) is 2.24. The van der Waals surface area contributed by atoms with Crippen LogP contribution in [0, 0.1) is 0 Å². The third-order valence-electron chi connectivity index (χ3n) is 6.84. The molecule has 3 aromatic rings. The third kappa shape index (κ3) is 4.79. The van der Waals surface area contributed by atoms with E-state index in [1.165, 1.54) is 18.2 Å². The van der Waals surface area contributed by atoms with Gasteiger partial charge in [-0.2, -0.15) is 13.2 Å². The number of nitrogens with one attached hydrogen (secondary N) is 2. The summed E-state index contributed by atoms with van der Waals surface area (Å²) >= 11 is 0. The number of hydrogen-bond donors (Lipinski definition) is 2. The summed E-state index contributed by atoms with van der Waals surface area (Å²) in [6, 6.07) is 18.1. The van der Waals surface area contributed by atoms with Gasteiger partial charge in [0.25, 0.3) is 5.91 Å². The Balaban J connectivity index is 1.55. The van der Waals surface area contributed by atoms with Crippen LogP contribution in [0.5, 0.6) is 0 Å². The topological polar surface area (TPSA) is 71.1 Å². The van der Waals surface area contributed by atoms with Crippen LogP contribution in [-0.4, -0.2) is 16.7 Å². The molecule has 0 fully saturated rings. The number of allylic oxidation sites excluding steroid dienone is 3. The highest BCUT2D eigenvalue weighted by Crippen LogP contribution is 2.45. The molecule has 2 N–H and O–H groups in total. The summed E-state index contributed by atoms with van der Waals surface area (Å²) in [5, 5.41) is 5.70. The zero-order chi connectivity index (χ0) is 26.2. The van der Waals surface area contributed by atoms with Crippen molar-refractivity contribution in [3.8, 4) is 0 Å². The molecule has 1 aliphatic heterocycles. The van der Waals surface area contributed by atoms with Gasteiger partial charge in [-0.05, 0) is 48.6 Å². The van der Waals surface area contributed by atoms with E-state index in [9.17, 15) is 22.8 Å². The highest BCUT2D eigenvalue weighted by molar-refractivity contribution is 6.10. The molecule has 8 heteroatoms. The van der Waals surface area contributed by atoms with E-state index in [0.717, 1.165) is 17.3 Å². The number of halogens is 3. The number of amides is 1. The first-order valence-electron chi connectivity index (χ1n) is 11.9. The smallest absolute Gasteiger partial charge is 0.362 e. The van der Waals surface area contributed by atoms with Crippen molar-refractivity contribution in [2.45, 2.75) is 37.8 Å². The molecular weight excluding hydrogens is 479 g/mol. The van der Waals surface area contributed by atoms with Crippen LogP contribution in [0.2, 0.25) is 0 Å². The standard InChI is InChI=1S/C29H24F3N3O2/c1-17-25(28(37)35-22-12-6-5-11-21(22)29(30,31)32)26(19-10-7-13-33-16-19)27-23(34-17)14-20(15-24(27)36)18-8-3-2-4-9-18/h2-13,16,20,26,34H,14-15H2,1H3,(H,35,37)/t20-,26-/m1/s1. The van der Waals surface area contributed by atoms with Crippen LogP contribution >= 0.6 is 0 Å². The van der Waals surface area contributed by atoms with Crippen molar-refractivity contribution < 1.29 is 22.8 Å². The maximum absolute atomic E-state index is 13.6. The molecule has 2 aromatic carbocycles. The molecule has 1 amide bonds. The molecule has 0 saturated carbocycles. The van der Waals surface area contributed by atoms with Crippen LogP contribution in [0.15, 0.2) is 102 Å². The van der Waals surface area contributed by atoms with Crippen molar-refractivity contribution in [1.29, 1.82) is 0 Å². The largest absolute Gasteiger partial charge is 0.418 e. The molecule has 0 saturated heterocycles. The molecule has 2 atom stereocenters. The lowest BCUT2D eigenvalue weighted by atomic mass is 9.72. The van der Waals surface area contributed by atoms with Gasteiger partial charge < -0.3 is 10.6 Å². The number of nitrogens with zero attached hydrogens (tertiary/aromatic N) is 1. The van der Waals surface area contributed by atoms with E-state index in [4.69, 9.17) is 0 Å². The van der Waals surface area contributed by atoms with Crippen molar-refractivity contribution >= 4 is 17.4 Å². The van der Waals surface area contributed by atoms with Crippen molar-refractivity contribution in [3.63, 3.8) is 0 Å². The number of benzene rings is 2. The number of para-hydroxylation sites is 1. The molecule has 5 nitrogen and oxygen atoms in total. The minimum atomic E-state index is -4.64. The van der Waals surface area contributed by atoms with E-state index in [2.05, 4.69) is 15.6 Å². The number of hydrogen-bond acceptors (Lipinski definition) is 4. The normalized spacial score (nSPS) is 19.8. The molecule has 0 radical (unpaired) electrons. The average molecular weight is 504 g/mol. The molecule has 5 rings (SSSR count). The third-order valence-corrected chi connectivity index (χ3v) is 6.84. The number of dihydropyridines is 1. The van der Waals surface area contributed by atoms with Crippen molar-refractivity contribution in [2.24, 2.45) is 0 Å². The second-order valence-corrected chi connectivity index (χ2v) is 9.21. The minimum absolute atomic E-state index is 0.0173. The first kappa shape index (κ1) is 24.5. The fourth-order valence-electron chi connectivity index (χ4n) is 5.21. The molecule has 2 aliphatic rings. The number of carbonyl (C=O) groups excluding carboxylic acids is 2. The highest BCUT2D eigenvalue weighted by Gasteiger charge is 2.41. The van der Waals surface area contributed by atoms with Gasteiger partial charge in [-0.1, -0.05) is 48.5 Å². The second-order valence-electron chi connectivity index (χ2n) is 9.21. The Bertz CT molecular complexity index is 1410. The lowest BCUT2D eigenvalue weighted by Gasteiger charge is -2.37. The quantitative estimate of drug-likeness (QED) is 0.451. The van der Waals surface area contributed by atoms with Crippen LogP contribution in [-0.2, 0) is 15.8 Å². The predicted octanol–water partition coefficient (Wildman–Crippen LogP) is 6.10. The molecule has 1 aliphatic carbocycles. The fourth-order valence-corrected chi connectivity index (χ4v) is 5.21. The average Bonchev–Trinajstić information content (AvgIpc) is 2.88. The van der Waals surface area contributed by atoms with Gasteiger partial charge in [-0.15, -0.1) is 0 Å². The Morgan fingerprint density at radius 2 is 1.68 bits per heavy atom. The molecular formula is C29H24F3N3O2. The molecule has 0 unspecified atom stereocenters. The molecule has 188 valence electrons. The number of pyridine rings is 1. The van der Waals surface area contributed by atoms with Gasteiger partial charge in [0.15, 0.2) is 5.78 Å². The fraction of sp³-hybridized carbons (Fsp3) is 0.207. The maximum atomic E-state index is 13.6. The van der Waals surface area contributed by atoms with Crippen molar-refractivity contribution in [3.05, 3.63) is 118 Å². The first-order chi connectivity index (χ1) is 17.7. The van der Waals surface area contributed by atoms with Gasteiger partial charge in [0.2, 0.25) is 0 Å². The highest BCUT2D eigenvalue weighted by atomic mass is 19.4. The minimum Gasteiger partial charge on any atom is -0.362 e. The summed E-state index contributed by atoms with van der Waals surface area (Å²) in [7, 11) is 0. The predicted molar refractivity (Wildman–Crippen MR) is 133 cm³/mol. The molecule has 2 heterocycles. The number of carbonyl (C=O) groups is 2. The first-order valence-corrected chi connectivity index (χ1v) is 11.9. The number of rotatable bonds is 4. The Kier molecular flexibility index (Phi) is 6.41. The van der Waals surface area contributed by atoms with E-state index in [-0.39, 0.29) is 29.4 Å². The molecule has 1 aromatic heterocycles. The van der Waals surface area contributed by atoms with Gasteiger partial charge in [-0.25, -0.2) is 0 Å².